The largest absolute Gasteiger partial charge is 0.339 e. The third-order valence-corrected chi connectivity index (χ3v) is 7.37. The fraction of sp³-hybridized carbons (Fsp3) is 0.500. The number of piperidine rings is 1. The van der Waals surface area contributed by atoms with Gasteiger partial charge in [0.05, 0.1) is 11.9 Å². The van der Waals surface area contributed by atoms with Gasteiger partial charge in [-0.3, -0.25) is 4.98 Å². The molecule has 7 nitrogen and oxygen atoms in total. The van der Waals surface area contributed by atoms with Gasteiger partial charge in [-0.2, -0.15) is 17.0 Å². The summed E-state index contributed by atoms with van der Waals surface area (Å²) in [5.41, 5.74) is 2.87. The van der Waals surface area contributed by atoms with Crippen molar-refractivity contribution in [2.45, 2.75) is 39.5 Å². The molecule has 0 bridgehead atoms. The molecule has 152 valence electrons. The van der Waals surface area contributed by atoms with Crippen LogP contribution in [0.2, 0.25) is 0 Å². The van der Waals surface area contributed by atoms with Crippen LogP contribution >= 0.6 is 0 Å². The van der Waals surface area contributed by atoms with Crippen LogP contribution in [-0.2, 0) is 10.2 Å². The summed E-state index contributed by atoms with van der Waals surface area (Å²) in [4.78, 5) is 8.94. The third kappa shape index (κ3) is 4.51. The van der Waals surface area contributed by atoms with Crippen molar-refractivity contribution in [3.8, 4) is 0 Å². The number of hydrogen-bond donors (Lipinski definition) is 1. The van der Waals surface area contributed by atoms with Gasteiger partial charge in [-0.1, -0.05) is 19.9 Å². The molecule has 0 spiro atoms. The Bertz CT molecular complexity index is 882. The summed E-state index contributed by atoms with van der Waals surface area (Å²) in [5, 5.41) is 3.28. The summed E-state index contributed by atoms with van der Waals surface area (Å²) in [5.74, 6) is 0.927. The van der Waals surface area contributed by atoms with Gasteiger partial charge < -0.3 is 5.32 Å². The van der Waals surface area contributed by atoms with Gasteiger partial charge in [0.15, 0.2) is 0 Å². The lowest BCUT2D eigenvalue weighted by molar-refractivity contribution is 0.285. The second-order valence-corrected chi connectivity index (χ2v) is 8.98. The van der Waals surface area contributed by atoms with Crippen molar-refractivity contribution in [3.05, 3.63) is 47.9 Å². The van der Waals surface area contributed by atoms with Crippen molar-refractivity contribution in [1.29, 1.82) is 0 Å². The summed E-state index contributed by atoms with van der Waals surface area (Å²) in [6.07, 6.45) is 5.34. The van der Waals surface area contributed by atoms with Crippen LogP contribution in [0.15, 0.2) is 36.7 Å². The van der Waals surface area contributed by atoms with Crippen molar-refractivity contribution in [2.75, 3.05) is 31.5 Å². The molecular weight excluding hydrogens is 374 g/mol. The van der Waals surface area contributed by atoms with Crippen LogP contribution in [0, 0.1) is 6.92 Å². The normalized spacial score (nSPS) is 18.4. The van der Waals surface area contributed by atoms with Crippen LogP contribution in [-0.4, -0.2) is 53.2 Å². The molecule has 0 aromatic carbocycles. The number of nitrogens with zero attached hydrogens (tertiary/aromatic N) is 4. The van der Waals surface area contributed by atoms with E-state index in [9.17, 15) is 8.42 Å². The summed E-state index contributed by atoms with van der Waals surface area (Å²) in [6.45, 7) is 7.80. The molecule has 28 heavy (non-hydrogen) atoms. The van der Waals surface area contributed by atoms with Gasteiger partial charge in [0.2, 0.25) is 0 Å². The molecule has 0 saturated carbocycles. The van der Waals surface area contributed by atoms with E-state index in [2.05, 4.69) is 15.3 Å². The van der Waals surface area contributed by atoms with Gasteiger partial charge >= 0.3 is 0 Å². The van der Waals surface area contributed by atoms with Crippen molar-refractivity contribution in [3.63, 3.8) is 0 Å². The smallest absolute Gasteiger partial charge is 0.281 e. The van der Waals surface area contributed by atoms with Crippen molar-refractivity contribution < 1.29 is 8.42 Å². The molecule has 1 N–H and O–H groups in total. The highest BCUT2D eigenvalue weighted by molar-refractivity contribution is 7.86. The lowest BCUT2D eigenvalue weighted by atomic mass is 9.95. The molecule has 2 aromatic heterocycles. The average Bonchev–Trinajstić information content (AvgIpc) is 2.71. The number of hydrogen-bond acceptors (Lipinski definition) is 5. The number of aromatic nitrogens is 2. The standard InChI is InChI=1S/C20H29N5O2S/c1-4-24(5-2)28(26,27)25-13-7-9-17(15-25)19-11-10-18(14-22-19)23-20-16(3)8-6-12-21-20/h6,8,10-12,14,17H,4-5,7,9,13,15H2,1-3H3,(H,21,23). The summed E-state index contributed by atoms with van der Waals surface area (Å²) < 4.78 is 28.8. The van der Waals surface area contributed by atoms with Crippen molar-refractivity contribution in [2.24, 2.45) is 0 Å². The highest BCUT2D eigenvalue weighted by atomic mass is 32.2. The second-order valence-electron chi connectivity index (χ2n) is 7.05. The Balaban J connectivity index is 1.71. The molecule has 3 heterocycles. The van der Waals surface area contributed by atoms with Gasteiger partial charge in [0.1, 0.15) is 5.82 Å². The molecule has 0 radical (unpaired) electrons. The first-order valence-corrected chi connectivity index (χ1v) is 11.2. The zero-order valence-electron chi connectivity index (χ0n) is 16.8. The fourth-order valence-corrected chi connectivity index (χ4v) is 5.29. The highest BCUT2D eigenvalue weighted by Crippen LogP contribution is 2.29. The first kappa shape index (κ1) is 20.7. The number of rotatable bonds is 7. The van der Waals surface area contributed by atoms with E-state index < -0.39 is 10.2 Å². The van der Waals surface area contributed by atoms with E-state index >= 15 is 0 Å². The van der Waals surface area contributed by atoms with Crippen LogP contribution in [0.25, 0.3) is 0 Å². The maximum absolute atomic E-state index is 12.8. The summed E-state index contributed by atoms with van der Waals surface area (Å²) >= 11 is 0. The number of nitrogens with one attached hydrogen (secondary N) is 1. The molecule has 1 aliphatic heterocycles. The number of pyridine rings is 2. The predicted molar refractivity (Wildman–Crippen MR) is 112 cm³/mol. The van der Waals surface area contributed by atoms with Gasteiger partial charge in [-0.25, -0.2) is 4.98 Å². The Labute approximate surface area is 168 Å². The van der Waals surface area contributed by atoms with E-state index in [4.69, 9.17) is 0 Å². The minimum Gasteiger partial charge on any atom is -0.339 e. The first-order valence-electron chi connectivity index (χ1n) is 9.85. The Morgan fingerprint density at radius 2 is 2.00 bits per heavy atom. The molecule has 1 unspecified atom stereocenters. The Morgan fingerprint density at radius 3 is 2.64 bits per heavy atom. The fourth-order valence-electron chi connectivity index (χ4n) is 3.58. The Morgan fingerprint density at radius 1 is 1.21 bits per heavy atom. The van der Waals surface area contributed by atoms with Crippen LogP contribution in [0.4, 0.5) is 11.5 Å². The number of anilines is 2. The molecule has 2 aromatic rings. The lowest BCUT2D eigenvalue weighted by Gasteiger charge is -2.34. The van der Waals surface area contributed by atoms with Gasteiger partial charge in [0, 0.05) is 44.0 Å². The summed E-state index contributed by atoms with van der Waals surface area (Å²) in [6, 6.07) is 7.88. The van der Waals surface area contributed by atoms with Crippen LogP contribution in [0.5, 0.6) is 0 Å². The predicted octanol–water partition coefficient (Wildman–Crippen LogP) is 3.29. The van der Waals surface area contributed by atoms with E-state index in [1.54, 1.807) is 16.7 Å². The highest BCUT2D eigenvalue weighted by Gasteiger charge is 2.33. The maximum atomic E-state index is 12.8. The topological polar surface area (TPSA) is 78.4 Å². The molecular formula is C20H29N5O2S. The van der Waals surface area contributed by atoms with Gasteiger partial charge in [-0.05, 0) is 43.5 Å². The average molecular weight is 404 g/mol. The monoisotopic (exact) mass is 403 g/mol. The lowest BCUT2D eigenvalue weighted by Crippen LogP contribution is -2.47. The molecule has 1 fully saturated rings. The maximum Gasteiger partial charge on any atom is 0.281 e. The molecule has 1 aliphatic rings. The van der Waals surface area contributed by atoms with Crippen LogP contribution in [0.1, 0.15) is 43.9 Å². The van der Waals surface area contributed by atoms with E-state index in [0.29, 0.717) is 26.2 Å². The summed E-state index contributed by atoms with van der Waals surface area (Å²) in [7, 11) is -3.40. The molecule has 0 amide bonds. The van der Waals surface area contributed by atoms with Gasteiger partial charge in [0.25, 0.3) is 10.2 Å². The van der Waals surface area contributed by atoms with E-state index in [0.717, 1.165) is 35.6 Å². The SMILES string of the molecule is CCN(CC)S(=O)(=O)N1CCCC(c2ccc(Nc3ncccc3C)cn2)C1. The van der Waals surface area contributed by atoms with E-state index in [1.165, 1.54) is 4.31 Å². The van der Waals surface area contributed by atoms with Crippen molar-refractivity contribution in [1.82, 2.24) is 18.6 Å². The molecule has 1 saturated heterocycles. The van der Waals surface area contributed by atoms with E-state index in [1.807, 2.05) is 45.0 Å². The van der Waals surface area contributed by atoms with Crippen LogP contribution in [0.3, 0.4) is 0 Å². The van der Waals surface area contributed by atoms with Crippen LogP contribution < -0.4 is 5.32 Å². The van der Waals surface area contributed by atoms with Crippen molar-refractivity contribution >= 4 is 21.7 Å². The Kier molecular flexibility index (Phi) is 6.64. The minimum absolute atomic E-state index is 0.115. The Hall–Kier alpha value is -2.03. The minimum atomic E-state index is -3.40. The van der Waals surface area contributed by atoms with E-state index in [-0.39, 0.29) is 5.92 Å². The molecule has 3 rings (SSSR count). The zero-order chi connectivity index (χ0) is 20.1. The molecule has 0 aliphatic carbocycles. The zero-order valence-corrected chi connectivity index (χ0v) is 17.6. The molecule has 1 atom stereocenters. The third-order valence-electron chi connectivity index (χ3n) is 5.22. The first-order chi connectivity index (χ1) is 13.5. The number of aryl methyl sites for hydroxylation is 1. The second kappa shape index (κ2) is 8.98. The molecule has 8 heteroatoms. The van der Waals surface area contributed by atoms with Gasteiger partial charge in [-0.15, -0.1) is 0 Å². The quantitative estimate of drug-likeness (QED) is 0.767.